The van der Waals surface area contributed by atoms with Gasteiger partial charge in [-0.05, 0) is 28.1 Å². The number of halogens is 3. The first kappa shape index (κ1) is 10.9. The summed E-state index contributed by atoms with van der Waals surface area (Å²) in [5.74, 6) is -0.767. The topological polar surface area (TPSA) is 60.2 Å². The SMILES string of the molecule is NS(=O)(=O)c1cc(Cl)cc(F)c1Br. The lowest BCUT2D eigenvalue weighted by atomic mass is 10.3. The molecule has 72 valence electrons. The summed E-state index contributed by atoms with van der Waals surface area (Å²) in [6.45, 7) is 0. The van der Waals surface area contributed by atoms with Crippen LogP contribution in [0.5, 0.6) is 0 Å². The molecule has 0 spiro atoms. The fourth-order valence-electron chi connectivity index (χ4n) is 0.739. The third-order valence-corrected chi connectivity index (χ3v) is 3.49. The molecule has 0 aliphatic rings. The molecule has 1 aromatic rings. The Hall–Kier alpha value is -0.170. The number of benzene rings is 1. The van der Waals surface area contributed by atoms with Gasteiger partial charge in [-0.25, -0.2) is 17.9 Å². The van der Waals surface area contributed by atoms with E-state index in [2.05, 4.69) is 15.9 Å². The van der Waals surface area contributed by atoms with Crippen molar-refractivity contribution in [3.8, 4) is 0 Å². The summed E-state index contributed by atoms with van der Waals surface area (Å²) in [5.41, 5.74) is 0. The third-order valence-electron chi connectivity index (χ3n) is 1.27. The number of rotatable bonds is 1. The van der Waals surface area contributed by atoms with Crippen molar-refractivity contribution in [3.05, 3.63) is 27.4 Å². The fraction of sp³-hybridized carbons (Fsp3) is 0. The second-order valence-electron chi connectivity index (χ2n) is 2.24. The molecule has 0 amide bonds. The van der Waals surface area contributed by atoms with Gasteiger partial charge in [0.05, 0.1) is 4.47 Å². The number of hydrogen-bond donors (Lipinski definition) is 1. The Labute approximate surface area is 87.9 Å². The molecule has 1 aromatic carbocycles. The maximum Gasteiger partial charge on any atom is 0.239 e. The van der Waals surface area contributed by atoms with Gasteiger partial charge in [0.15, 0.2) is 0 Å². The van der Waals surface area contributed by atoms with Gasteiger partial charge in [-0.1, -0.05) is 11.6 Å². The summed E-state index contributed by atoms with van der Waals surface area (Å²) in [6, 6.07) is 2.06. The first-order chi connectivity index (χ1) is 5.82. The van der Waals surface area contributed by atoms with Crippen molar-refractivity contribution < 1.29 is 12.8 Å². The minimum absolute atomic E-state index is 0.0234. The van der Waals surface area contributed by atoms with Gasteiger partial charge < -0.3 is 0 Å². The van der Waals surface area contributed by atoms with Crippen LogP contribution in [0.2, 0.25) is 5.02 Å². The van der Waals surface area contributed by atoms with Crippen LogP contribution in [0.3, 0.4) is 0 Å². The molecule has 3 nitrogen and oxygen atoms in total. The molecule has 13 heavy (non-hydrogen) atoms. The van der Waals surface area contributed by atoms with E-state index < -0.39 is 15.8 Å². The Morgan fingerprint density at radius 2 is 2.00 bits per heavy atom. The summed E-state index contributed by atoms with van der Waals surface area (Å²) in [7, 11) is -3.95. The highest BCUT2D eigenvalue weighted by molar-refractivity contribution is 9.10. The van der Waals surface area contributed by atoms with E-state index >= 15 is 0 Å². The van der Waals surface area contributed by atoms with Crippen LogP contribution in [0.1, 0.15) is 0 Å². The number of primary sulfonamides is 1. The number of sulfonamides is 1. The molecule has 0 aromatic heterocycles. The van der Waals surface area contributed by atoms with Crippen molar-refractivity contribution in [3.63, 3.8) is 0 Å². The third kappa shape index (κ3) is 2.40. The van der Waals surface area contributed by atoms with E-state index in [9.17, 15) is 12.8 Å². The molecule has 0 fully saturated rings. The van der Waals surface area contributed by atoms with E-state index in [0.717, 1.165) is 12.1 Å². The molecular weight excluding hydrogens is 284 g/mol. The van der Waals surface area contributed by atoms with E-state index in [4.69, 9.17) is 16.7 Å². The van der Waals surface area contributed by atoms with Crippen molar-refractivity contribution in [1.82, 2.24) is 0 Å². The van der Waals surface area contributed by atoms with Crippen molar-refractivity contribution >= 4 is 37.6 Å². The second kappa shape index (κ2) is 3.53. The first-order valence-electron chi connectivity index (χ1n) is 2.99. The summed E-state index contributed by atoms with van der Waals surface area (Å²) in [4.78, 5) is -0.363. The van der Waals surface area contributed by atoms with Gasteiger partial charge in [0, 0.05) is 5.02 Å². The van der Waals surface area contributed by atoms with Crippen molar-refractivity contribution in [2.24, 2.45) is 5.14 Å². The Morgan fingerprint density at radius 1 is 1.46 bits per heavy atom. The second-order valence-corrected chi connectivity index (χ2v) is 5.00. The Morgan fingerprint density at radius 3 is 2.46 bits per heavy atom. The molecule has 0 aliphatic heterocycles. The average molecular weight is 289 g/mol. The molecule has 0 bridgehead atoms. The minimum Gasteiger partial charge on any atom is -0.225 e. The summed E-state index contributed by atoms with van der Waals surface area (Å²) < 4.78 is 34.5. The van der Waals surface area contributed by atoms with Crippen LogP contribution in [0, 0.1) is 5.82 Å². The average Bonchev–Trinajstić information content (AvgIpc) is 1.94. The molecule has 2 N–H and O–H groups in total. The first-order valence-corrected chi connectivity index (χ1v) is 5.71. The van der Waals surface area contributed by atoms with Gasteiger partial charge in [-0.2, -0.15) is 0 Å². The van der Waals surface area contributed by atoms with E-state index in [-0.39, 0.29) is 14.4 Å². The molecule has 0 radical (unpaired) electrons. The monoisotopic (exact) mass is 287 g/mol. The predicted octanol–water partition coefficient (Wildman–Crippen LogP) is 1.89. The van der Waals surface area contributed by atoms with Crippen LogP contribution in [-0.4, -0.2) is 8.42 Å². The zero-order valence-electron chi connectivity index (χ0n) is 6.09. The molecular formula is C6H4BrClFNO2S. The van der Waals surface area contributed by atoms with Gasteiger partial charge in [0.25, 0.3) is 0 Å². The standard InChI is InChI=1S/C6H4BrClFNO2S/c7-6-4(9)1-3(8)2-5(6)13(10,11)12/h1-2H,(H2,10,11,12). The Balaban J connectivity index is 3.56. The zero-order chi connectivity index (χ0) is 10.2. The maximum atomic E-state index is 12.9. The molecule has 0 atom stereocenters. The van der Waals surface area contributed by atoms with Crippen molar-refractivity contribution in [2.45, 2.75) is 4.90 Å². The number of nitrogens with two attached hydrogens (primary N) is 1. The van der Waals surface area contributed by atoms with Gasteiger partial charge in [-0.15, -0.1) is 0 Å². The lowest BCUT2D eigenvalue weighted by Crippen LogP contribution is -2.13. The van der Waals surface area contributed by atoms with Crippen molar-refractivity contribution in [1.29, 1.82) is 0 Å². The van der Waals surface area contributed by atoms with Gasteiger partial charge in [0.2, 0.25) is 10.0 Å². The van der Waals surface area contributed by atoms with Crippen LogP contribution in [0.15, 0.2) is 21.5 Å². The van der Waals surface area contributed by atoms with Gasteiger partial charge in [-0.3, -0.25) is 0 Å². The Bertz CT molecular complexity index is 448. The number of hydrogen-bond acceptors (Lipinski definition) is 2. The smallest absolute Gasteiger partial charge is 0.225 e. The summed E-state index contributed by atoms with van der Waals surface area (Å²) in [6.07, 6.45) is 0. The van der Waals surface area contributed by atoms with Gasteiger partial charge >= 0.3 is 0 Å². The molecule has 0 saturated carbocycles. The van der Waals surface area contributed by atoms with Gasteiger partial charge in [0.1, 0.15) is 10.7 Å². The maximum absolute atomic E-state index is 12.9. The molecule has 1 rings (SSSR count). The van der Waals surface area contributed by atoms with Crippen LogP contribution in [0.4, 0.5) is 4.39 Å². The molecule has 7 heteroatoms. The van der Waals surface area contributed by atoms with E-state index in [1.165, 1.54) is 0 Å². The van der Waals surface area contributed by atoms with E-state index in [1.807, 2.05) is 0 Å². The van der Waals surface area contributed by atoms with E-state index in [1.54, 1.807) is 0 Å². The van der Waals surface area contributed by atoms with Crippen LogP contribution in [-0.2, 0) is 10.0 Å². The van der Waals surface area contributed by atoms with Crippen molar-refractivity contribution in [2.75, 3.05) is 0 Å². The lowest BCUT2D eigenvalue weighted by molar-refractivity contribution is 0.589. The normalized spacial score (nSPS) is 11.7. The van der Waals surface area contributed by atoms with Crippen LogP contribution >= 0.6 is 27.5 Å². The summed E-state index contributed by atoms with van der Waals surface area (Å²) >= 11 is 8.20. The largest absolute Gasteiger partial charge is 0.239 e. The molecule has 0 aliphatic carbocycles. The quantitative estimate of drug-likeness (QED) is 0.802. The Kier molecular flexibility index (Phi) is 2.96. The zero-order valence-corrected chi connectivity index (χ0v) is 9.25. The molecule has 0 saturated heterocycles. The predicted molar refractivity (Wildman–Crippen MR) is 50.5 cm³/mol. The highest BCUT2D eigenvalue weighted by Gasteiger charge is 2.16. The van der Waals surface area contributed by atoms with Crippen LogP contribution < -0.4 is 5.14 Å². The summed E-state index contributed by atoms with van der Waals surface area (Å²) in [5, 5.41) is 4.79. The highest BCUT2D eigenvalue weighted by atomic mass is 79.9. The lowest BCUT2D eigenvalue weighted by Gasteiger charge is -2.03. The molecule has 0 unspecified atom stereocenters. The molecule has 0 heterocycles. The van der Waals surface area contributed by atoms with Crippen LogP contribution in [0.25, 0.3) is 0 Å². The fourth-order valence-corrected chi connectivity index (χ4v) is 2.55. The minimum atomic E-state index is -3.95. The highest BCUT2D eigenvalue weighted by Crippen LogP contribution is 2.27. The van der Waals surface area contributed by atoms with E-state index in [0.29, 0.717) is 0 Å².